The molecule has 0 spiro atoms. The first-order valence-electron chi connectivity index (χ1n) is 10.8. The van der Waals surface area contributed by atoms with Crippen LogP contribution in [0.4, 0.5) is 0 Å². The van der Waals surface area contributed by atoms with Crippen molar-refractivity contribution in [3.05, 3.63) is 61.1 Å². The Morgan fingerprint density at radius 1 is 0.909 bits per heavy atom. The minimum absolute atomic E-state index is 0.262. The number of aromatic nitrogens is 7. The molecule has 0 amide bonds. The maximum absolute atomic E-state index is 4.98. The normalized spacial score (nSPS) is 12.2. The molecule has 7 aromatic rings. The summed E-state index contributed by atoms with van der Waals surface area (Å²) in [5.74, 6) is 0. The Balaban J connectivity index is 1.80. The van der Waals surface area contributed by atoms with E-state index >= 15 is 0 Å². The van der Waals surface area contributed by atoms with Crippen molar-refractivity contribution in [2.75, 3.05) is 0 Å². The Kier molecular flexibility index (Phi) is 3.78. The van der Waals surface area contributed by atoms with E-state index < -0.39 is 0 Å². The fourth-order valence-corrected chi connectivity index (χ4v) is 5.77. The minimum Gasteiger partial charge on any atom is -0.337 e. The van der Waals surface area contributed by atoms with Gasteiger partial charge in [-0.2, -0.15) is 5.10 Å². The monoisotopic (exact) mass is 449 g/mol. The lowest BCUT2D eigenvalue weighted by atomic mass is 10.2. The zero-order chi connectivity index (χ0) is 22.1. The highest BCUT2D eigenvalue weighted by Crippen LogP contribution is 2.31. The van der Waals surface area contributed by atoms with Crippen LogP contribution in [0.3, 0.4) is 0 Å². The molecule has 0 saturated carbocycles. The first-order valence-corrected chi connectivity index (χ1v) is 11.7. The van der Waals surface area contributed by atoms with Crippen molar-refractivity contribution in [2.45, 2.75) is 19.9 Å². The number of rotatable bonds is 1. The molecule has 0 fully saturated rings. The lowest BCUT2D eigenvalue weighted by Crippen LogP contribution is -2.01. The highest BCUT2D eigenvalue weighted by Gasteiger charge is 2.11. The molecule has 6 aromatic heterocycles. The fourth-order valence-electron chi connectivity index (χ4n) is 4.58. The van der Waals surface area contributed by atoms with E-state index in [9.17, 15) is 0 Å². The molecule has 0 saturated heterocycles. The molecule has 0 radical (unpaired) electrons. The second-order valence-electron chi connectivity index (χ2n) is 8.51. The topological polar surface area (TPSA) is 88.1 Å². The molecule has 8 bridgehead atoms. The Labute approximate surface area is 191 Å². The molecule has 0 unspecified atom stereocenters. The lowest BCUT2D eigenvalue weighted by Gasteiger charge is -2.12. The Bertz CT molecular complexity index is 1920. The molecule has 6 heterocycles. The lowest BCUT2D eigenvalue weighted by molar-refractivity contribution is 0.640. The highest BCUT2D eigenvalue weighted by molar-refractivity contribution is 7.23. The van der Waals surface area contributed by atoms with Gasteiger partial charge in [-0.15, -0.1) is 11.3 Å². The molecule has 0 aliphatic carbocycles. The number of aromatic amines is 2. The number of hydrogen-bond acceptors (Lipinski definition) is 5. The highest BCUT2D eigenvalue weighted by atomic mass is 32.1. The maximum Gasteiger partial charge on any atom is 0.159 e. The smallest absolute Gasteiger partial charge is 0.159 e. The standard InChI is InChI=1S/C25H19N7S/c1-13(2)32-16-8-14(10-26-12-16)15-9-18-23(30-31-24(18)27-11-15)25-28-19-5-3-4-17(22(19)29-25)20-6-7-21(32)33-20/h3-13H,1-2H3,(H,28,29)(H,27,30,31). The van der Waals surface area contributed by atoms with Gasteiger partial charge in [-0.1, -0.05) is 12.1 Å². The van der Waals surface area contributed by atoms with E-state index in [-0.39, 0.29) is 6.04 Å². The van der Waals surface area contributed by atoms with E-state index in [4.69, 9.17) is 4.98 Å². The van der Waals surface area contributed by atoms with Crippen LogP contribution in [0.5, 0.6) is 0 Å². The largest absolute Gasteiger partial charge is 0.337 e. The third kappa shape index (κ3) is 2.74. The van der Waals surface area contributed by atoms with Crippen LogP contribution in [0.15, 0.2) is 61.1 Å². The van der Waals surface area contributed by atoms with Crippen LogP contribution in [0.25, 0.3) is 64.4 Å². The molecule has 0 atom stereocenters. The van der Waals surface area contributed by atoms with Gasteiger partial charge in [0.05, 0.1) is 33.0 Å². The summed E-state index contributed by atoms with van der Waals surface area (Å²) in [5, 5.41) is 11.6. The van der Waals surface area contributed by atoms with Gasteiger partial charge in [0.15, 0.2) is 11.3 Å². The van der Waals surface area contributed by atoms with E-state index in [1.807, 2.05) is 18.6 Å². The minimum atomic E-state index is 0.262. The molecule has 33 heavy (non-hydrogen) atoms. The number of hydrogen-bond donors (Lipinski definition) is 2. The summed E-state index contributed by atoms with van der Waals surface area (Å²) in [6, 6.07) is 15.2. The van der Waals surface area contributed by atoms with Crippen molar-refractivity contribution in [2.24, 2.45) is 0 Å². The zero-order valence-electron chi connectivity index (χ0n) is 18.0. The Morgan fingerprint density at radius 2 is 1.82 bits per heavy atom. The number of imidazole rings is 1. The Hall–Kier alpha value is -4.04. The number of thiophene rings is 1. The second-order valence-corrected chi connectivity index (χ2v) is 9.58. The summed E-state index contributed by atoms with van der Waals surface area (Å²) in [6.45, 7) is 4.40. The first kappa shape index (κ1) is 18.5. The average molecular weight is 450 g/mol. The van der Waals surface area contributed by atoms with Crippen LogP contribution >= 0.6 is 11.3 Å². The summed E-state index contributed by atoms with van der Waals surface area (Å²) in [6.07, 6.45) is 5.68. The van der Waals surface area contributed by atoms with Crippen LogP contribution in [0.2, 0.25) is 0 Å². The summed E-state index contributed by atoms with van der Waals surface area (Å²) >= 11 is 1.76. The van der Waals surface area contributed by atoms with Gasteiger partial charge in [-0.3, -0.25) is 10.1 Å². The number of pyridine rings is 2. The maximum atomic E-state index is 4.98. The third-order valence-corrected chi connectivity index (χ3v) is 7.22. The molecule has 1 aromatic carbocycles. The van der Waals surface area contributed by atoms with Crippen LogP contribution in [0, 0.1) is 0 Å². The average Bonchev–Trinajstić information content (AvgIpc) is 3.55. The molecular weight excluding hydrogens is 430 g/mol. The third-order valence-electron chi connectivity index (χ3n) is 6.10. The van der Waals surface area contributed by atoms with Gasteiger partial charge in [0.2, 0.25) is 0 Å². The van der Waals surface area contributed by atoms with Gasteiger partial charge in [-0.25, -0.2) is 9.97 Å². The van der Waals surface area contributed by atoms with E-state index in [2.05, 4.69) is 86.0 Å². The fraction of sp³-hybridized carbons (Fsp3) is 0.120. The van der Waals surface area contributed by atoms with Crippen molar-refractivity contribution in [3.63, 3.8) is 0 Å². The molecule has 0 aliphatic rings. The Morgan fingerprint density at radius 3 is 2.73 bits per heavy atom. The number of nitrogens with zero attached hydrogens (tertiary/aromatic N) is 5. The van der Waals surface area contributed by atoms with Crippen molar-refractivity contribution < 1.29 is 0 Å². The number of H-pyrrole nitrogens is 2. The summed E-state index contributed by atoms with van der Waals surface area (Å²) in [4.78, 5) is 18.8. The number of benzene rings is 1. The van der Waals surface area contributed by atoms with Crippen LogP contribution in [-0.2, 0) is 0 Å². The SMILES string of the molecule is CC(C)n1c2cncc(c2)c2cnc3[nH]nc(c4nc5c(cccc5c5ccc1s5)[nH]4)c3c2. The predicted molar refractivity (Wildman–Crippen MR) is 135 cm³/mol. The molecule has 0 aliphatic heterocycles. The summed E-state index contributed by atoms with van der Waals surface area (Å²) in [5.41, 5.74) is 5.20. The van der Waals surface area contributed by atoms with Crippen LogP contribution in [0.1, 0.15) is 19.9 Å². The molecule has 7 rings (SSSR count). The second kappa shape index (κ2) is 6.73. The number of nitrogens with one attached hydrogen (secondary N) is 2. The van der Waals surface area contributed by atoms with Crippen LogP contribution < -0.4 is 0 Å². The number of para-hydroxylation sites is 1. The quantitative estimate of drug-likeness (QED) is 0.303. The molecule has 2 N–H and O–H groups in total. The zero-order valence-corrected chi connectivity index (χ0v) is 18.8. The van der Waals surface area contributed by atoms with Crippen molar-refractivity contribution >= 4 is 75.8 Å². The molecule has 8 heteroatoms. The van der Waals surface area contributed by atoms with Crippen molar-refractivity contribution in [3.8, 4) is 0 Å². The summed E-state index contributed by atoms with van der Waals surface area (Å²) < 4.78 is 3.50. The van der Waals surface area contributed by atoms with Gasteiger partial charge >= 0.3 is 0 Å². The van der Waals surface area contributed by atoms with E-state index in [0.29, 0.717) is 0 Å². The van der Waals surface area contributed by atoms with Gasteiger partial charge in [0, 0.05) is 39.3 Å². The van der Waals surface area contributed by atoms with Crippen LogP contribution in [-0.4, -0.2) is 34.7 Å². The predicted octanol–water partition coefficient (Wildman–Crippen LogP) is 6.41. The van der Waals surface area contributed by atoms with E-state index in [1.54, 1.807) is 11.3 Å². The van der Waals surface area contributed by atoms with Crippen molar-refractivity contribution in [1.82, 2.24) is 34.7 Å². The molecule has 7 nitrogen and oxygen atoms in total. The first-order chi connectivity index (χ1) is 16.2. The van der Waals surface area contributed by atoms with E-state index in [1.165, 1.54) is 9.53 Å². The van der Waals surface area contributed by atoms with Gasteiger partial charge in [-0.05, 0) is 44.2 Å². The van der Waals surface area contributed by atoms with E-state index in [0.717, 1.165) is 54.9 Å². The number of fused-ring (bicyclic) bond motifs is 9. The van der Waals surface area contributed by atoms with Gasteiger partial charge < -0.3 is 9.55 Å². The van der Waals surface area contributed by atoms with Gasteiger partial charge in [0.25, 0.3) is 0 Å². The van der Waals surface area contributed by atoms with Gasteiger partial charge in [0.1, 0.15) is 5.52 Å². The summed E-state index contributed by atoms with van der Waals surface area (Å²) in [7, 11) is 0. The van der Waals surface area contributed by atoms with Crippen molar-refractivity contribution in [1.29, 1.82) is 0 Å². The molecule has 160 valence electrons. The molecular formula is C25H19N7S.